The number of aliphatic carboxylic acids is 3. The first-order valence-corrected chi connectivity index (χ1v) is 17.0. The summed E-state index contributed by atoms with van der Waals surface area (Å²) in [6.45, 7) is 6.50. The molecule has 0 radical (unpaired) electrons. The minimum atomic E-state index is -2.74. The number of hydrogen-bond acceptors (Lipinski definition) is 10. The van der Waals surface area contributed by atoms with Gasteiger partial charge in [0, 0.05) is 32.6 Å². The summed E-state index contributed by atoms with van der Waals surface area (Å²) in [6.07, 6.45) is 1.60. The molecule has 266 valence electrons. The molecule has 0 atom stereocenters. The summed E-state index contributed by atoms with van der Waals surface area (Å²) in [7, 11) is 1.66. The van der Waals surface area contributed by atoms with E-state index in [2.05, 4.69) is 4.90 Å². The predicted molar refractivity (Wildman–Crippen MR) is 188 cm³/mol. The Morgan fingerprint density at radius 1 is 0.800 bits per heavy atom. The van der Waals surface area contributed by atoms with E-state index in [4.69, 9.17) is 34.6 Å². The molecule has 50 heavy (non-hydrogen) atoms. The standard InChI is InChI=1S/C31H33NO4S.C6H8O7/c1-3-35-24-13-9-23(10-14-24)31-29(27-16-15-26(34-2)21-28(27)37-31)30(33)22-7-11-25(12-8-22)36-20-19-32-17-5-4-6-18-32;7-3(8)1-6(13,5(11)12)2-4(9)10/h7-16,21H,3-6,17-20H2,1-2H3;13H,1-2H2,(H,7,8)(H,9,10)(H,11,12). The van der Waals surface area contributed by atoms with Crippen LogP contribution in [-0.4, -0.2) is 94.6 Å². The molecule has 4 N–H and O–H groups in total. The van der Waals surface area contributed by atoms with Crippen molar-refractivity contribution in [1.29, 1.82) is 0 Å². The summed E-state index contributed by atoms with van der Waals surface area (Å²) in [5.41, 5.74) is -0.390. The van der Waals surface area contributed by atoms with Gasteiger partial charge < -0.3 is 34.6 Å². The van der Waals surface area contributed by atoms with Crippen LogP contribution in [0.25, 0.3) is 20.5 Å². The summed E-state index contributed by atoms with van der Waals surface area (Å²) in [4.78, 5) is 47.8. The fourth-order valence-electron chi connectivity index (χ4n) is 5.54. The zero-order valence-electron chi connectivity index (χ0n) is 27.9. The van der Waals surface area contributed by atoms with Crippen LogP contribution >= 0.6 is 11.3 Å². The number of likely N-dealkylation sites (tertiary alicyclic amines) is 1. The van der Waals surface area contributed by atoms with Gasteiger partial charge in [-0.25, -0.2) is 4.79 Å². The number of aliphatic hydroxyl groups is 1. The lowest BCUT2D eigenvalue weighted by Gasteiger charge is -2.26. The molecule has 0 saturated carbocycles. The number of carboxylic acid groups (broad SMARTS) is 3. The van der Waals surface area contributed by atoms with Crippen LogP contribution in [0, 0.1) is 0 Å². The molecule has 0 amide bonds. The van der Waals surface area contributed by atoms with E-state index in [0.717, 1.165) is 57.4 Å². The number of hydrogen-bond donors (Lipinski definition) is 4. The molecule has 1 fully saturated rings. The van der Waals surface area contributed by atoms with Crippen molar-refractivity contribution in [1.82, 2.24) is 4.90 Å². The number of ketones is 1. The molecular weight excluding hydrogens is 666 g/mol. The van der Waals surface area contributed by atoms with Crippen molar-refractivity contribution in [3.63, 3.8) is 0 Å². The normalized spacial score (nSPS) is 13.2. The fourth-order valence-corrected chi connectivity index (χ4v) is 6.77. The average Bonchev–Trinajstić information content (AvgIpc) is 3.47. The number of carboxylic acids is 3. The Hall–Kier alpha value is -4.98. The maximum absolute atomic E-state index is 13.9. The quantitative estimate of drug-likeness (QED) is 0.109. The zero-order valence-corrected chi connectivity index (χ0v) is 28.7. The molecular formula is C37H41NO11S. The highest BCUT2D eigenvalue weighted by Gasteiger charge is 2.40. The van der Waals surface area contributed by atoms with Crippen molar-refractivity contribution in [2.24, 2.45) is 0 Å². The molecule has 0 aliphatic carbocycles. The highest BCUT2D eigenvalue weighted by molar-refractivity contribution is 7.22. The summed E-state index contributed by atoms with van der Waals surface area (Å²) in [5.74, 6) is -2.63. The second kappa shape index (κ2) is 17.6. The highest BCUT2D eigenvalue weighted by Crippen LogP contribution is 2.41. The van der Waals surface area contributed by atoms with Crippen molar-refractivity contribution < 1.29 is 53.8 Å². The van der Waals surface area contributed by atoms with E-state index in [1.807, 2.05) is 73.7 Å². The molecule has 12 nitrogen and oxygen atoms in total. The number of thiophene rings is 1. The Balaban J connectivity index is 0.000000369. The minimum absolute atomic E-state index is 0.000156. The third-order valence-electron chi connectivity index (χ3n) is 8.08. The van der Waals surface area contributed by atoms with Crippen LogP contribution in [0.5, 0.6) is 17.2 Å². The molecule has 13 heteroatoms. The first-order valence-electron chi connectivity index (χ1n) is 16.2. The molecule has 0 unspecified atom stereocenters. The Bertz CT molecular complexity index is 1760. The van der Waals surface area contributed by atoms with Gasteiger partial charge in [0.2, 0.25) is 0 Å². The van der Waals surface area contributed by atoms with Gasteiger partial charge in [0.25, 0.3) is 0 Å². The summed E-state index contributed by atoms with van der Waals surface area (Å²) in [5, 5.41) is 34.7. The van der Waals surface area contributed by atoms with Gasteiger partial charge in [-0.05, 0) is 105 Å². The number of nitrogens with zero attached hydrogens (tertiary/aromatic N) is 1. The van der Waals surface area contributed by atoms with Gasteiger partial charge in [-0.2, -0.15) is 0 Å². The maximum Gasteiger partial charge on any atom is 0.336 e. The average molecular weight is 708 g/mol. The van der Waals surface area contributed by atoms with Crippen molar-refractivity contribution >= 4 is 45.1 Å². The third-order valence-corrected chi connectivity index (χ3v) is 9.28. The van der Waals surface area contributed by atoms with Crippen molar-refractivity contribution in [2.75, 3.05) is 40.0 Å². The topological polar surface area (TPSA) is 180 Å². The lowest BCUT2D eigenvalue weighted by atomic mass is 9.96. The van der Waals surface area contributed by atoms with E-state index in [-0.39, 0.29) is 5.78 Å². The number of methoxy groups -OCH3 is 1. The minimum Gasteiger partial charge on any atom is -0.497 e. The monoisotopic (exact) mass is 707 g/mol. The molecule has 0 spiro atoms. The third kappa shape index (κ3) is 10.0. The number of benzene rings is 3. The molecule has 1 aromatic heterocycles. The van der Waals surface area contributed by atoms with E-state index < -0.39 is 36.4 Å². The molecule has 1 saturated heterocycles. The van der Waals surface area contributed by atoms with Crippen LogP contribution in [0.3, 0.4) is 0 Å². The molecule has 3 aromatic carbocycles. The number of fused-ring (bicyclic) bond motifs is 1. The maximum atomic E-state index is 13.9. The van der Waals surface area contributed by atoms with Gasteiger partial charge in [-0.3, -0.25) is 19.3 Å². The van der Waals surface area contributed by atoms with Crippen LogP contribution < -0.4 is 14.2 Å². The Morgan fingerprint density at radius 2 is 1.38 bits per heavy atom. The SMILES string of the molecule is CCOc1ccc(-c2sc3cc(OC)ccc3c2C(=O)c2ccc(OCCN3CCCCC3)cc2)cc1.O=C(O)CC(O)(CC(=O)O)C(=O)O. The Labute approximate surface area is 293 Å². The number of carbonyl (C=O) groups is 4. The van der Waals surface area contributed by atoms with Crippen LogP contribution in [0.4, 0.5) is 0 Å². The predicted octanol–water partition coefficient (Wildman–Crippen LogP) is 5.82. The van der Waals surface area contributed by atoms with Gasteiger partial charge >= 0.3 is 17.9 Å². The fraction of sp³-hybridized carbons (Fsp3) is 0.351. The largest absolute Gasteiger partial charge is 0.497 e. The van der Waals surface area contributed by atoms with Gasteiger partial charge in [0.05, 0.1) is 26.6 Å². The van der Waals surface area contributed by atoms with Crippen molar-refractivity contribution in [2.45, 2.75) is 44.6 Å². The summed E-state index contributed by atoms with van der Waals surface area (Å²) >= 11 is 1.61. The smallest absolute Gasteiger partial charge is 0.336 e. The summed E-state index contributed by atoms with van der Waals surface area (Å²) in [6, 6.07) is 21.4. The van der Waals surface area contributed by atoms with E-state index in [9.17, 15) is 19.2 Å². The Morgan fingerprint density at radius 3 is 1.94 bits per heavy atom. The van der Waals surface area contributed by atoms with E-state index in [1.54, 1.807) is 18.4 Å². The zero-order chi connectivity index (χ0) is 36.3. The number of rotatable bonds is 15. The van der Waals surface area contributed by atoms with Gasteiger partial charge in [-0.15, -0.1) is 11.3 Å². The number of piperidine rings is 1. The van der Waals surface area contributed by atoms with Gasteiger partial charge in [0.15, 0.2) is 11.4 Å². The molecule has 5 rings (SSSR count). The summed E-state index contributed by atoms with van der Waals surface area (Å²) < 4.78 is 18.0. The van der Waals surface area contributed by atoms with Gasteiger partial charge in [0.1, 0.15) is 23.9 Å². The second-order valence-electron chi connectivity index (χ2n) is 11.7. The molecule has 0 bridgehead atoms. The van der Waals surface area contributed by atoms with E-state index in [1.165, 1.54) is 19.3 Å². The van der Waals surface area contributed by atoms with Crippen LogP contribution in [0.15, 0.2) is 66.7 Å². The number of ether oxygens (including phenoxy) is 3. The van der Waals surface area contributed by atoms with Crippen molar-refractivity contribution in [3.8, 4) is 27.7 Å². The lowest BCUT2D eigenvalue weighted by Crippen LogP contribution is -2.42. The second-order valence-corrected chi connectivity index (χ2v) is 12.8. The molecule has 1 aliphatic rings. The molecule has 2 heterocycles. The first-order chi connectivity index (χ1) is 23.9. The first kappa shape index (κ1) is 37.8. The van der Waals surface area contributed by atoms with Crippen LogP contribution in [-0.2, 0) is 14.4 Å². The van der Waals surface area contributed by atoms with E-state index >= 15 is 0 Å². The number of carbonyl (C=O) groups excluding carboxylic acids is 1. The molecule has 4 aromatic rings. The highest BCUT2D eigenvalue weighted by atomic mass is 32.1. The van der Waals surface area contributed by atoms with Crippen LogP contribution in [0.1, 0.15) is 54.9 Å². The lowest BCUT2D eigenvalue weighted by molar-refractivity contribution is -0.170. The van der Waals surface area contributed by atoms with Crippen LogP contribution in [0.2, 0.25) is 0 Å². The Kier molecular flexibility index (Phi) is 13.3. The van der Waals surface area contributed by atoms with E-state index in [0.29, 0.717) is 24.3 Å². The molecule has 1 aliphatic heterocycles. The van der Waals surface area contributed by atoms with Crippen molar-refractivity contribution in [3.05, 3.63) is 77.9 Å². The van der Waals surface area contributed by atoms with Gasteiger partial charge in [-0.1, -0.05) is 6.42 Å².